The van der Waals surface area contributed by atoms with E-state index in [4.69, 9.17) is 19.3 Å². The number of hydrogen-bond donors (Lipinski definition) is 3. The molecule has 0 unspecified atom stereocenters. The fraction of sp³-hybridized carbons (Fsp3) is 0.364. The van der Waals surface area contributed by atoms with E-state index in [1.165, 1.54) is 0 Å². The molecule has 0 fully saturated rings. The molecule has 9 heteroatoms. The number of anilines is 1. The second-order valence-corrected chi connectivity index (χ2v) is 7.57. The van der Waals surface area contributed by atoms with Crippen LogP contribution in [0.4, 0.5) is 10.5 Å². The van der Waals surface area contributed by atoms with E-state index in [1.807, 2.05) is 24.5 Å². The summed E-state index contributed by atoms with van der Waals surface area (Å²) in [6, 6.07) is 14.6. The fourth-order valence-corrected chi connectivity index (χ4v) is 3.26. The Morgan fingerprint density at radius 3 is 2.55 bits per heavy atom. The van der Waals surface area contributed by atoms with Crippen LogP contribution in [0.5, 0.6) is 5.75 Å². The van der Waals surface area contributed by atoms with E-state index in [0.29, 0.717) is 29.8 Å². The summed E-state index contributed by atoms with van der Waals surface area (Å²) in [6.45, 7) is 0.181. The van der Waals surface area contributed by atoms with Crippen LogP contribution in [-0.2, 0) is 14.3 Å². The van der Waals surface area contributed by atoms with Crippen molar-refractivity contribution in [3.05, 3.63) is 54.1 Å². The SMILES string of the molecule is CSc1ccc(NC(=O)O[C@H](CCCOC(=O)CS)c2ccccc2OCCO)cc1. The number of esters is 1. The van der Waals surface area contributed by atoms with Crippen LogP contribution in [0, 0.1) is 0 Å². The highest BCUT2D eigenvalue weighted by molar-refractivity contribution is 7.98. The molecular formula is C22H27NO6S2. The van der Waals surface area contributed by atoms with E-state index in [2.05, 4.69) is 17.9 Å². The largest absolute Gasteiger partial charge is 0.491 e. The number of benzene rings is 2. The number of aliphatic hydroxyl groups is 1. The van der Waals surface area contributed by atoms with Gasteiger partial charge in [-0.15, -0.1) is 11.8 Å². The first-order chi connectivity index (χ1) is 15.1. The molecule has 0 aromatic heterocycles. The highest BCUT2D eigenvalue weighted by Gasteiger charge is 2.21. The molecule has 0 heterocycles. The molecule has 0 aliphatic heterocycles. The third kappa shape index (κ3) is 8.72. The summed E-state index contributed by atoms with van der Waals surface area (Å²) in [5.74, 6) is 0.125. The van der Waals surface area contributed by atoms with Crippen molar-refractivity contribution >= 4 is 42.1 Å². The summed E-state index contributed by atoms with van der Waals surface area (Å²) in [6.07, 6.45) is 1.64. The molecule has 2 aromatic rings. The fourth-order valence-electron chi connectivity index (χ4n) is 2.76. The van der Waals surface area contributed by atoms with Crippen molar-refractivity contribution in [2.45, 2.75) is 23.8 Å². The Bertz CT molecular complexity index is 831. The van der Waals surface area contributed by atoms with Crippen LogP contribution in [0.3, 0.4) is 0 Å². The Kier molecular flexibility index (Phi) is 11.1. The molecule has 2 aromatic carbocycles. The zero-order valence-electron chi connectivity index (χ0n) is 17.3. The maximum absolute atomic E-state index is 12.5. The minimum Gasteiger partial charge on any atom is -0.491 e. The number of rotatable bonds is 12. The van der Waals surface area contributed by atoms with Crippen molar-refractivity contribution < 1.29 is 28.9 Å². The predicted molar refractivity (Wildman–Crippen MR) is 124 cm³/mol. The second kappa shape index (κ2) is 13.8. The number of aliphatic hydroxyl groups excluding tert-OH is 1. The van der Waals surface area contributed by atoms with Crippen LogP contribution in [0.2, 0.25) is 0 Å². The lowest BCUT2D eigenvalue weighted by Gasteiger charge is -2.21. The molecule has 0 aliphatic rings. The lowest BCUT2D eigenvalue weighted by molar-refractivity contribution is -0.140. The molecule has 31 heavy (non-hydrogen) atoms. The first kappa shape index (κ1) is 24.9. The maximum atomic E-state index is 12.5. The van der Waals surface area contributed by atoms with Crippen LogP contribution < -0.4 is 10.1 Å². The summed E-state index contributed by atoms with van der Waals surface area (Å²) in [7, 11) is 0. The normalized spacial score (nSPS) is 11.5. The van der Waals surface area contributed by atoms with Gasteiger partial charge in [0.25, 0.3) is 0 Å². The summed E-state index contributed by atoms with van der Waals surface area (Å²) in [4.78, 5) is 24.9. The number of hydrogen-bond acceptors (Lipinski definition) is 8. The first-order valence-corrected chi connectivity index (χ1v) is 11.6. The van der Waals surface area contributed by atoms with Crippen LogP contribution in [0.15, 0.2) is 53.4 Å². The van der Waals surface area contributed by atoms with Crippen molar-refractivity contribution in [2.75, 3.05) is 37.1 Å². The van der Waals surface area contributed by atoms with Crippen LogP contribution in [0.25, 0.3) is 0 Å². The minimum atomic E-state index is -0.630. The number of thiol groups is 1. The monoisotopic (exact) mass is 465 g/mol. The van der Waals surface area contributed by atoms with E-state index in [1.54, 1.807) is 42.1 Å². The quantitative estimate of drug-likeness (QED) is 0.186. The molecule has 1 atom stereocenters. The Balaban J connectivity index is 2.09. The maximum Gasteiger partial charge on any atom is 0.412 e. The van der Waals surface area contributed by atoms with E-state index >= 15 is 0 Å². The predicted octanol–water partition coefficient (Wildman–Crippen LogP) is 4.32. The number of thioether (sulfide) groups is 1. The van der Waals surface area contributed by atoms with Gasteiger partial charge in [0.2, 0.25) is 0 Å². The van der Waals surface area contributed by atoms with Gasteiger partial charge in [-0.3, -0.25) is 10.1 Å². The molecule has 1 amide bonds. The van der Waals surface area contributed by atoms with E-state index < -0.39 is 18.2 Å². The molecule has 0 aliphatic carbocycles. The van der Waals surface area contributed by atoms with Gasteiger partial charge in [-0.1, -0.05) is 18.2 Å². The molecular weight excluding hydrogens is 438 g/mol. The van der Waals surface area contributed by atoms with Gasteiger partial charge >= 0.3 is 12.1 Å². The molecule has 0 spiro atoms. The van der Waals surface area contributed by atoms with Crippen molar-refractivity contribution in [3.63, 3.8) is 0 Å². The number of carbonyl (C=O) groups is 2. The summed E-state index contributed by atoms with van der Waals surface area (Å²) >= 11 is 5.49. The number of carbonyl (C=O) groups excluding carboxylic acids is 2. The zero-order chi connectivity index (χ0) is 22.5. The molecule has 2 rings (SSSR count). The van der Waals surface area contributed by atoms with E-state index in [0.717, 1.165) is 4.90 Å². The Labute approximate surface area is 191 Å². The first-order valence-electron chi connectivity index (χ1n) is 9.78. The minimum absolute atomic E-state index is 0.00942. The van der Waals surface area contributed by atoms with Crippen LogP contribution in [-0.4, -0.2) is 49.0 Å². The average Bonchev–Trinajstić information content (AvgIpc) is 2.80. The molecule has 0 saturated carbocycles. The molecule has 7 nitrogen and oxygen atoms in total. The topological polar surface area (TPSA) is 94.1 Å². The highest BCUT2D eigenvalue weighted by atomic mass is 32.2. The summed E-state index contributed by atoms with van der Waals surface area (Å²) in [5.41, 5.74) is 1.29. The Morgan fingerprint density at radius 2 is 1.87 bits per heavy atom. The molecule has 168 valence electrons. The number of ether oxygens (including phenoxy) is 3. The molecule has 2 N–H and O–H groups in total. The van der Waals surface area contributed by atoms with Gasteiger partial charge in [-0.2, -0.15) is 12.6 Å². The van der Waals surface area contributed by atoms with Crippen LogP contribution in [0.1, 0.15) is 24.5 Å². The summed E-state index contributed by atoms with van der Waals surface area (Å²) < 4.78 is 16.4. The van der Waals surface area contributed by atoms with Gasteiger partial charge in [0.1, 0.15) is 18.5 Å². The van der Waals surface area contributed by atoms with E-state index in [-0.39, 0.29) is 25.6 Å². The standard InChI is InChI=1S/C22H27NO6S2/c1-31-17-10-8-16(9-11-17)23-22(26)29-20(7-4-13-28-21(25)15-30)18-5-2-3-6-19(18)27-14-12-24/h2-3,5-6,8-11,20,24,30H,4,7,12-15H2,1H3,(H,23,26)/t20-/m1/s1. The van der Waals surface area contributed by atoms with Crippen molar-refractivity contribution in [3.8, 4) is 5.75 Å². The lowest BCUT2D eigenvalue weighted by atomic mass is 10.0. The van der Waals surface area contributed by atoms with Gasteiger partial charge in [0.15, 0.2) is 0 Å². The third-order valence-corrected chi connectivity index (χ3v) is 5.21. The average molecular weight is 466 g/mol. The van der Waals surface area contributed by atoms with Crippen molar-refractivity contribution in [1.82, 2.24) is 0 Å². The van der Waals surface area contributed by atoms with Gasteiger partial charge < -0.3 is 19.3 Å². The van der Waals surface area contributed by atoms with Crippen molar-refractivity contribution in [1.29, 1.82) is 0 Å². The number of para-hydroxylation sites is 1. The van der Waals surface area contributed by atoms with Crippen molar-refractivity contribution in [2.24, 2.45) is 0 Å². The lowest BCUT2D eigenvalue weighted by Crippen LogP contribution is -2.19. The number of amides is 1. The van der Waals surface area contributed by atoms with Gasteiger partial charge in [0.05, 0.1) is 19.0 Å². The van der Waals surface area contributed by atoms with Gasteiger partial charge in [-0.25, -0.2) is 4.79 Å². The number of nitrogens with one attached hydrogen (secondary N) is 1. The smallest absolute Gasteiger partial charge is 0.412 e. The second-order valence-electron chi connectivity index (χ2n) is 6.38. The van der Waals surface area contributed by atoms with E-state index in [9.17, 15) is 9.59 Å². The molecule has 0 bridgehead atoms. The van der Waals surface area contributed by atoms with Gasteiger partial charge in [-0.05, 0) is 49.4 Å². The third-order valence-electron chi connectivity index (χ3n) is 4.20. The summed E-state index contributed by atoms with van der Waals surface area (Å²) in [5, 5.41) is 11.8. The molecule has 0 saturated heterocycles. The van der Waals surface area contributed by atoms with Gasteiger partial charge in [0, 0.05) is 16.1 Å². The Hall–Kier alpha value is -2.36. The zero-order valence-corrected chi connectivity index (χ0v) is 19.0. The molecule has 0 radical (unpaired) electrons. The highest BCUT2D eigenvalue weighted by Crippen LogP contribution is 2.31. The Morgan fingerprint density at radius 1 is 1.13 bits per heavy atom. The van der Waals surface area contributed by atoms with Crippen LogP contribution >= 0.6 is 24.4 Å².